The Morgan fingerprint density at radius 1 is 1.50 bits per heavy atom. The summed E-state index contributed by atoms with van der Waals surface area (Å²) in [6.07, 6.45) is 1.74. The van der Waals surface area contributed by atoms with E-state index in [4.69, 9.17) is 15.6 Å². The topological polar surface area (TPSA) is 166 Å². The minimum absolute atomic E-state index is 0.0498. The number of carboxylic acids is 1. The lowest BCUT2D eigenvalue weighted by atomic mass is 10.2. The zero-order valence-corrected chi connectivity index (χ0v) is 11.6. The summed E-state index contributed by atoms with van der Waals surface area (Å²) in [5.74, 6) is -1.63. The first-order valence-electron chi connectivity index (χ1n) is 6.60. The summed E-state index contributed by atoms with van der Waals surface area (Å²) < 4.78 is 5.41. The van der Waals surface area contributed by atoms with Crippen molar-refractivity contribution in [2.75, 3.05) is 36.1 Å². The van der Waals surface area contributed by atoms with Gasteiger partial charge in [0.05, 0.1) is 11.0 Å². The fourth-order valence-electron chi connectivity index (χ4n) is 2.03. The molecule has 2 rings (SSSR count). The van der Waals surface area contributed by atoms with Crippen LogP contribution in [0.1, 0.15) is 12.8 Å². The molecule has 1 aromatic heterocycles. The average Bonchev–Trinajstić information content (AvgIpc) is 2.95. The predicted molar refractivity (Wildman–Crippen MR) is 76.7 cm³/mol. The van der Waals surface area contributed by atoms with Gasteiger partial charge in [-0.3, -0.25) is 14.9 Å². The second kappa shape index (κ2) is 6.85. The molecule has 1 aliphatic heterocycles. The van der Waals surface area contributed by atoms with Gasteiger partial charge in [-0.05, 0) is 12.8 Å². The number of aromatic nitrogens is 2. The van der Waals surface area contributed by atoms with Gasteiger partial charge in [0.15, 0.2) is 0 Å². The van der Waals surface area contributed by atoms with Crippen molar-refractivity contribution in [2.24, 2.45) is 0 Å². The second-order valence-corrected chi connectivity index (χ2v) is 4.65. The van der Waals surface area contributed by atoms with Crippen molar-refractivity contribution in [1.29, 1.82) is 0 Å². The van der Waals surface area contributed by atoms with Crippen molar-refractivity contribution in [1.82, 2.24) is 9.97 Å². The molecule has 0 aliphatic carbocycles. The largest absolute Gasteiger partial charge is 0.480 e. The number of nitrogen functional groups attached to an aromatic ring is 1. The molecule has 1 atom stereocenters. The van der Waals surface area contributed by atoms with Gasteiger partial charge < -0.3 is 26.2 Å². The molecular weight excluding hydrogens is 296 g/mol. The molecule has 0 bridgehead atoms. The molecule has 11 heteroatoms. The van der Waals surface area contributed by atoms with Crippen LogP contribution in [0.5, 0.6) is 0 Å². The second-order valence-electron chi connectivity index (χ2n) is 4.65. The first kappa shape index (κ1) is 15.7. The number of nitro groups is 1. The summed E-state index contributed by atoms with van der Waals surface area (Å²) in [5.41, 5.74) is 5.12. The number of carboxylic acid groups (broad SMARTS) is 1. The maximum Gasteiger partial charge on any atom is 0.353 e. The van der Waals surface area contributed by atoms with E-state index in [1.165, 1.54) is 0 Å². The summed E-state index contributed by atoms with van der Waals surface area (Å²) in [6, 6.07) is 0. The number of rotatable bonds is 7. The van der Waals surface area contributed by atoms with Crippen LogP contribution < -0.4 is 16.4 Å². The van der Waals surface area contributed by atoms with E-state index in [9.17, 15) is 14.9 Å². The van der Waals surface area contributed by atoms with Crippen LogP contribution in [0.3, 0.4) is 0 Å². The average molecular weight is 312 g/mol. The van der Waals surface area contributed by atoms with Crippen molar-refractivity contribution in [3.8, 4) is 0 Å². The summed E-state index contributed by atoms with van der Waals surface area (Å²) in [5, 5.41) is 24.9. The Morgan fingerprint density at radius 3 is 2.86 bits per heavy atom. The monoisotopic (exact) mass is 312 g/mol. The van der Waals surface area contributed by atoms with Crippen LogP contribution in [-0.2, 0) is 9.53 Å². The number of nitrogens with one attached hydrogen (secondary N) is 2. The van der Waals surface area contributed by atoms with Crippen LogP contribution in [0.4, 0.5) is 23.3 Å². The molecule has 22 heavy (non-hydrogen) atoms. The Balaban J connectivity index is 2.18. The smallest absolute Gasteiger partial charge is 0.353 e. The molecule has 0 unspecified atom stereocenters. The van der Waals surface area contributed by atoms with Crippen LogP contribution >= 0.6 is 0 Å². The Labute approximate surface area is 125 Å². The fourth-order valence-corrected chi connectivity index (χ4v) is 2.03. The van der Waals surface area contributed by atoms with Gasteiger partial charge in [0.1, 0.15) is 6.54 Å². The van der Waals surface area contributed by atoms with Gasteiger partial charge >= 0.3 is 11.7 Å². The van der Waals surface area contributed by atoms with Crippen molar-refractivity contribution < 1.29 is 19.6 Å². The number of nitrogens with zero attached hydrogens (tertiary/aromatic N) is 3. The van der Waals surface area contributed by atoms with Crippen LogP contribution in [-0.4, -0.2) is 51.8 Å². The zero-order chi connectivity index (χ0) is 16.1. The van der Waals surface area contributed by atoms with Crippen molar-refractivity contribution in [3.63, 3.8) is 0 Å². The summed E-state index contributed by atoms with van der Waals surface area (Å²) >= 11 is 0. The Hall–Kier alpha value is -2.69. The molecule has 5 N–H and O–H groups in total. The molecule has 11 nitrogen and oxygen atoms in total. The minimum Gasteiger partial charge on any atom is -0.480 e. The standard InChI is InChI=1S/C11H16N6O5/c12-9-8(17(20)21)10(13-4-6-2-1-3-22-6)16-11(15-9)14-5-7(18)19/h6H,1-5H2,(H,18,19)(H4,12,13,14,15,16)/t6-/m1/s1. The molecule has 0 radical (unpaired) electrons. The molecule has 0 aromatic carbocycles. The fraction of sp³-hybridized carbons (Fsp3) is 0.545. The number of nitrogens with two attached hydrogens (primary N) is 1. The van der Waals surface area contributed by atoms with Gasteiger partial charge in [-0.1, -0.05) is 0 Å². The van der Waals surface area contributed by atoms with Crippen LogP contribution in [0.2, 0.25) is 0 Å². The normalized spacial score (nSPS) is 17.2. The highest BCUT2D eigenvalue weighted by Crippen LogP contribution is 2.29. The van der Waals surface area contributed by atoms with Gasteiger partial charge in [0, 0.05) is 13.2 Å². The highest BCUT2D eigenvalue weighted by molar-refractivity contribution is 5.73. The van der Waals surface area contributed by atoms with Gasteiger partial charge in [0.25, 0.3) is 0 Å². The summed E-state index contributed by atoms with van der Waals surface area (Å²) in [6.45, 7) is 0.573. The number of aliphatic carboxylic acids is 1. The third-order valence-corrected chi connectivity index (χ3v) is 3.01. The highest BCUT2D eigenvalue weighted by atomic mass is 16.6. The Morgan fingerprint density at radius 2 is 2.27 bits per heavy atom. The lowest BCUT2D eigenvalue weighted by molar-refractivity contribution is -0.383. The molecule has 1 saturated heterocycles. The summed E-state index contributed by atoms with van der Waals surface area (Å²) in [4.78, 5) is 28.5. The van der Waals surface area contributed by atoms with E-state index in [0.717, 1.165) is 12.8 Å². The minimum atomic E-state index is -1.12. The van der Waals surface area contributed by atoms with E-state index >= 15 is 0 Å². The first-order valence-corrected chi connectivity index (χ1v) is 6.60. The van der Waals surface area contributed by atoms with Crippen molar-refractivity contribution >= 4 is 29.2 Å². The molecule has 1 aromatic rings. The molecule has 2 heterocycles. The van der Waals surface area contributed by atoms with E-state index < -0.39 is 23.1 Å². The van der Waals surface area contributed by atoms with Crippen LogP contribution in [0.15, 0.2) is 0 Å². The third-order valence-electron chi connectivity index (χ3n) is 3.01. The van der Waals surface area contributed by atoms with Gasteiger partial charge in [-0.15, -0.1) is 0 Å². The third kappa shape index (κ3) is 3.91. The van der Waals surface area contributed by atoms with E-state index in [1.807, 2.05) is 0 Å². The predicted octanol–water partition coefficient (Wildman–Crippen LogP) is 0.0544. The number of hydrogen-bond donors (Lipinski definition) is 4. The molecule has 0 saturated carbocycles. The Kier molecular flexibility index (Phi) is 4.88. The lowest BCUT2D eigenvalue weighted by Crippen LogP contribution is -2.21. The maximum atomic E-state index is 11.1. The van der Waals surface area contributed by atoms with E-state index in [1.54, 1.807) is 0 Å². The number of ether oxygens (including phenoxy) is 1. The van der Waals surface area contributed by atoms with Gasteiger partial charge in [-0.25, -0.2) is 0 Å². The molecule has 120 valence electrons. The van der Waals surface area contributed by atoms with Crippen LogP contribution in [0.25, 0.3) is 0 Å². The molecule has 1 aliphatic rings. The van der Waals surface area contributed by atoms with E-state index in [-0.39, 0.29) is 23.7 Å². The van der Waals surface area contributed by atoms with E-state index in [2.05, 4.69) is 20.6 Å². The quantitative estimate of drug-likeness (QED) is 0.399. The van der Waals surface area contributed by atoms with Crippen LogP contribution in [0, 0.1) is 10.1 Å². The number of anilines is 3. The zero-order valence-electron chi connectivity index (χ0n) is 11.6. The summed E-state index contributed by atoms with van der Waals surface area (Å²) in [7, 11) is 0. The van der Waals surface area contributed by atoms with Crippen molar-refractivity contribution in [2.45, 2.75) is 18.9 Å². The Bertz CT molecular complexity index is 574. The van der Waals surface area contributed by atoms with E-state index in [0.29, 0.717) is 13.2 Å². The SMILES string of the molecule is Nc1nc(NCC(=O)O)nc(NC[C@H]2CCCO2)c1[N+](=O)[O-]. The molecule has 0 spiro atoms. The van der Waals surface area contributed by atoms with Crippen molar-refractivity contribution in [3.05, 3.63) is 10.1 Å². The molecule has 0 amide bonds. The van der Waals surface area contributed by atoms with Gasteiger partial charge in [0.2, 0.25) is 17.6 Å². The maximum absolute atomic E-state index is 11.1. The first-order chi connectivity index (χ1) is 10.5. The molecular formula is C11H16N6O5. The lowest BCUT2D eigenvalue weighted by Gasteiger charge is -2.13. The van der Waals surface area contributed by atoms with Gasteiger partial charge in [-0.2, -0.15) is 9.97 Å². The molecule has 1 fully saturated rings. The number of carbonyl (C=O) groups is 1. The number of hydrogen-bond acceptors (Lipinski definition) is 9. The highest BCUT2D eigenvalue weighted by Gasteiger charge is 2.24.